The molecule has 5 nitrogen and oxygen atoms in total. The normalized spacial score (nSPS) is 21.5. The van der Waals surface area contributed by atoms with Crippen molar-refractivity contribution < 1.29 is 23.4 Å². The fraction of sp³-hybridized carbons (Fsp3) is 0.750. The van der Waals surface area contributed by atoms with Gasteiger partial charge < -0.3 is 23.4 Å². The maximum Gasteiger partial charge on any atom is 0.200 e. The van der Waals surface area contributed by atoms with Gasteiger partial charge in [-0.3, -0.25) is 0 Å². The largest absolute Gasteiger partial charge is 0.497 e. The second-order valence-electron chi connectivity index (χ2n) is 11.0. The molecule has 1 aliphatic rings. The molecule has 200 valence electrons. The van der Waals surface area contributed by atoms with Crippen molar-refractivity contribution in [1.29, 1.82) is 0 Å². The summed E-state index contributed by atoms with van der Waals surface area (Å²) >= 11 is 2.40. The summed E-state index contributed by atoms with van der Waals surface area (Å²) in [5.41, 5.74) is 2.48. The van der Waals surface area contributed by atoms with Crippen LogP contribution >= 0.6 is 22.6 Å². The molecule has 2 rings (SSSR count). The van der Waals surface area contributed by atoms with E-state index in [-0.39, 0.29) is 24.2 Å². The van der Waals surface area contributed by atoms with Crippen LogP contribution in [0.4, 0.5) is 0 Å². The van der Waals surface area contributed by atoms with Crippen LogP contribution in [0.25, 0.3) is 0 Å². The molecule has 1 heterocycles. The van der Waals surface area contributed by atoms with Gasteiger partial charge in [0.05, 0.1) is 38.6 Å². The first-order chi connectivity index (χ1) is 16.6. The zero-order valence-electron chi connectivity index (χ0n) is 23.0. The third-order valence-corrected chi connectivity index (χ3v) is 14.9. The number of halogens is 1. The summed E-state index contributed by atoms with van der Waals surface area (Å²) in [6.07, 6.45) is 2.83. The number of alkyl halides is 1. The molecule has 0 saturated carbocycles. The molecule has 0 aromatic heterocycles. The Morgan fingerprint density at radius 3 is 2.11 bits per heavy atom. The highest BCUT2D eigenvalue weighted by atomic mass is 127. The van der Waals surface area contributed by atoms with Crippen molar-refractivity contribution in [3.05, 3.63) is 29.8 Å². The van der Waals surface area contributed by atoms with E-state index in [1.807, 2.05) is 31.2 Å². The number of methoxy groups -OCH3 is 1. The van der Waals surface area contributed by atoms with Crippen molar-refractivity contribution >= 4 is 37.2 Å². The molecule has 0 radical (unpaired) electrons. The second-order valence-corrected chi connectivity index (χ2v) is 17.3. The maximum atomic E-state index is 12.0. The van der Waals surface area contributed by atoms with E-state index in [9.17, 15) is 4.79 Å². The molecule has 0 bridgehead atoms. The molecule has 1 aromatic carbocycles. The van der Waals surface area contributed by atoms with Gasteiger partial charge in [0, 0.05) is 16.3 Å². The van der Waals surface area contributed by atoms with Gasteiger partial charge in [-0.05, 0) is 47.2 Å². The molecule has 1 aromatic rings. The van der Waals surface area contributed by atoms with E-state index in [0.29, 0.717) is 42.2 Å². The molecule has 1 saturated heterocycles. The van der Waals surface area contributed by atoms with Crippen LogP contribution in [-0.4, -0.2) is 51.1 Å². The van der Waals surface area contributed by atoms with Gasteiger partial charge >= 0.3 is 0 Å². The molecule has 1 unspecified atom stereocenters. The Bertz CT molecular complexity index is 732. The Balaban J connectivity index is 2.29. The molecule has 1 aliphatic heterocycles. The van der Waals surface area contributed by atoms with Crippen molar-refractivity contribution in [2.75, 3.05) is 18.1 Å². The summed E-state index contributed by atoms with van der Waals surface area (Å²) in [5, 5.41) is 0. The van der Waals surface area contributed by atoms with Crippen LogP contribution in [0.15, 0.2) is 24.3 Å². The molecular formula is C28H47IO5Si. The number of carbonyl (C=O) groups is 1. The summed E-state index contributed by atoms with van der Waals surface area (Å²) in [6.45, 7) is 17.0. The fourth-order valence-corrected chi connectivity index (χ4v) is 12.0. The monoisotopic (exact) mass is 618 g/mol. The predicted molar refractivity (Wildman–Crippen MR) is 154 cm³/mol. The van der Waals surface area contributed by atoms with E-state index in [1.165, 1.54) is 0 Å². The molecule has 35 heavy (non-hydrogen) atoms. The highest BCUT2D eigenvalue weighted by Gasteiger charge is 2.48. The van der Waals surface area contributed by atoms with Crippen LogP contribution in [0.1, 0.15) is 66.9 Å². The van der Waals surface area contributed by atoms with Crippen LogP contribution < -0.4 is 4.74 Å². The number of rotatable bonds is 15. The van der Waals surface area contributed by atoms with Crippen LogP contribution in [0.2, 0.25) is 16.6 Å². The summed E-state index contributed by atoms with van der Waals surface area (Å²) in [4.78, 5) is 12.0. The van der Waals surface area contributed by atoms with Gasteiger partial charge in [0.15, 0.2) is 0 Å². The third kappa shape index (κ3) is 8.00. The van der Waals surface area contributed by atoms with E-state index in [4.69, 9.17) is 18.6 Å². The lowest BCUT2D eigenvalue weighted by molar-refractivity contribution is -0.114. The van der Waals surface area contributed by atoms with E-state index in [1.54, 1.807) is 7.11 Å². The quantitative estimate of drug-likeness (QED) is 0.0901. The topological polar surface area (TPSA) is 54.0 Å². The van der Waals surface area contributed by atoms with Crippen LogP contribution in [0.3, 0.4) is 0 Å². The Kier molecular flexibility index (Phi) is 12.7. The molecule has 5 atom stereocenters. The maximum absolute atomic E-state index is 12.0. The van der Waals surface area contributed by atoms with Crippen molar-refractivity contribution in [2.45, 2.75) is 103 Å². The van der Waals surface area contributed by atoms with Gasteiger partial charge in [0.2, 0.25) is 8.32 Å². The zero-order valence-corrected chi connectivity index (χ0v) is 26.1. The Labute approximate surface area is 228 Å². The number of hydrogen-bond donors (Lipinski definition) is 0. The van der Waals surface area contributed by atoms with Gasteiger partial charge in [-0.2, -0.15) is 0 Å². The van der Waals surface area contributed by atoms with E-state index < -0.39 is 8.32 Å². The molecule has 7 heteroatoms. The highest BCUT2D eigenvalue weighted by Crippen LogP contribution is 2.44. The van der Waals surface area contributed by atoms with Gasteiger partial charge in [0.1, 0.15) is 12.0 Å². The van der Waals surface area contributed by atoms with Crippen molar-refractivity contribution in [3.8, 4) is 5.75 Å². The predicted octanol–water partition coefficient (Wildman–Crippen LogP) is 7.21. The van der Waals surface area contributed by atoms with E-state index in [2.05, 4.69) is 64.1 Å². The van der Waals surface area contributed by atoms with Crippen molar-refractivity contribution in [3.63, 3.8) is 0 Å². The van der Waals surface area contributed by atoms with Gasteiger partial charge in [-0.25, -0.2) is 0 Å². The SMILES string of the molecule is COc1ccc(CO[C@@H](C[C@H](O[Si](C(C)C)(C(C)C)C(C)C)[C@H](C)C=O)[C@H]2COC(CI)C2)cc1. The summed E-state index contributed by atoms with van der Waals surface area (Å²) in [5.74, 6) is 0.948. The lowest BCUT2D eigenvalue weighted by atomic mass is 9.91. The lowest BCUT2D eigenvalue weighted by Crippen LogP contribution is -2.52. The van der Waals surface area contributed by atoms with Crippen LogP contribution in [0.5, 0.6) is 5.75 Å². The van der Waals surface area contributed by atoms with Crippen molar-refractivity contribution in [1.82, 2.24) is 0 Å². The first kappa shape index (κ1) is 30.7. The standard InChI is InChI=1S/C28H47IO5Si/c1-19(2)35(20(3)4,21(5)6)34-27(22(7)16-30)14-28(24-13-26(15-29)32-18-24)33-17-23-9-11-25(31-8)12-10-23/h9-12,16,19-22,24,26-28H,13-15,17-18H2,1-8H3/t22-,24-,26?,27+,28+/m1/s1. The van der Waals surface area contributed by atoms with Gasteiger partial charge in [0.25, 0.3) is 0 Å². The summed E-state index contributed by atoms with van der Waals surface area (Å²) in [6, 6.07) is 8.02. The first-order valence-corrected chi connectivity index (χ1v) is 16.8. The van der Waals surface area contributed by atoms with Crippen molar-refractivity contribution in [2.24, 2.45) is 11.8 Å². The fourth-order valence-electron chi connectivity index (χ4n) is 5.78. The summed E-state index contributed by atoms with van der Waals surface area (Å²) < 4.78 is 26.1. The van der Waals surface area contributed by atoms with Gasteiger partial charge in [-0.15, -0.1) is 0 Å². The number of benzene rings is 1. The Morgan fingerprint density at radius 1 is 1.06 bits per heavy atom. The first-order valence-electron chi connectivity index (χ1n) is 13.1. The number of aldehydes is 1. The molecule has 1 fully saturated rings. The number of ether oxygens (including phenoxy) is 3. The second kappa shape index (κ2) is 14.5. The minimum atomic E-state index is -2.15. The van der Waals surface area contributed by atoms with Crippen LogP contribution in [-0.2, 0) is 25.3 Å². The molecule has 0 N–H and O–H groups in total. The number of hydrogen-bond acceptors (Lipinski definition) is 5. The molecule has 0 amide bonds. The highest BCUT2D eigenvalue weighted by molar-refractivity contribution is 14.1. The van der Waals surface area contributed by atoms with E-state index >= 15 is 0 Å². The molecule has 0 aliphatic carbocycles. The Hall–Kier alpha value is -0.483. The minimum absolute atomic E-state index is 0.0318. The summed E-state index contributed by atoms with van der Waals surface area (Å²) in [7, 11) is -0.480. The lowest BCUT2D eigenvalue weighted by Gasteiger charge is -2.46. The van der Waals surface area contributed by atoms with Gasteiger partial charge in [-0.1, -0.05) is 83.2 Å². The van der Waals surface area contributed by atoms with Crippen LogP contribution in [0, 0.1) is 11.8 Å². The molecule has 0 spiro atoms. The number of carbonyl (C=O) groups excluding carboxylic acids is 1. The Morgan fingerprint density at radius 2 is 1.66 bits per heavy atom. The average molecular weight is 619 g/mol. The minimum Gasteiger partial charge on any atom is -0.497 e. The van der Waals surface area contributed by atoms with E-state index in [0.717, 1.165) is 28.4 Å². The zero-order chi connectivity index (χ0) is 26.2. The third-order valence-electron chi connectivity index (χ3n) is 7.76. The smallest absolute Gasteiger partial charge is 0.200 e. The average Bonchev–Trinajstić information content (AvgIpc) is 3.32. The molecular weight excluding hydrogens is 571 g/mol.